The molecule has 0 fully saturated rings. The van der Waals surface area contributed by atoms with Gasteiger partial charge in [-0.1, -0.05) is 32.0 Å². The molecule has 5 heteroatoms. The van der Waals surface area contributed by atoms with Gasteiger partial charge in [0.05, 0.1) is 11.7 Å². The lowest BCUT2D eigenvalue weighted by Crippen LogP contribution is -2.35. The first-order valence-corrected chi connectivity index (χ1v) is 8.10. The molecule has 0 atom stereocenters. The molecular weight excluding hydrogens is 288 g/mol. The van der Waals surface area contributed by atoms with Crippen molar-refractivity contribution in [2.45, 2.75) is 13.8 Å². The highest BCUT2D eigenvalue weighted by Crippen LogP contribution is 2.24. The molecule has 0 spiro atoms. The molecule has 5 nitrogen and oxygen atoms in total. The number of fused-ring (bicyclic) bond motifs is 3. The Bertz CT molecular complexity index is 820. The molecule has 3 aromatic rings. The average molecular weight is 310 g/mol. The van der Waals surface area contributed by atoms with Crippen molar-refractivity contribution in [2.75, 3.05) is 26.2 Å². The van der Waals surface area contributed by atoms with E-state index in [1.165, 1.54) is 0 Å². The molecule has 2 heterocycles. The third kappa shape index (κ3) is 3.19. The van der Waals surface area contributed by atoms with Crippen LogP contribution in [0.5, 0.6) is 0 Å². The summed E-state index contributed by atoms with van der Waals surface area (Å²) >= 11 is 0. The van der Waals surface area contributed by atoms with E-state index in [-0.39, 0.29) is 5.91 Å². The van der Waals surface area contributed by atoms with Gasteiger partial charge >= 0.3 is 0 Å². The van der Waals surface area contributed by atoms with Crippen LogP contribution in [0.1, 0.15) is 24.3 Å². The summed E-state index contributed by atoms with van der Waals surface area (Å²) in [5.41, 5.74) is 2.47. The number of amides is 1. The molecular formula is C18H22N4O. The zero-order valence-electron chi connectivity index (χ0n) is 13.6. The van der Waals surface area contributed by atoms with Crippen LogP contribution >= 0.6 is 0 Å². The van der Waals surface area contributed by atoms with Gasteiger partial charge in [-0.15, -0.1) is 0 Å². The van der Waals surface area contributed by atoms with Crippen molar-refractivity contribution in [1.82, 2.24) is 20.2 Å². The van der Waals surface area contributed by atoms with Crippen molar-refractivity contribution < 1.29 is 4.79 Å². The number of hydrogen-bond donors (Lipinski definition) is 2. The van der Waals surface area contributed by atoms with Crippen LogP contribution in [-0.4, -0.2) is 47.0 Å². The van der Waals surface area contributed by atoms with Gasteiger partial charge in [-0.05, 0) is 25.2 Å². The van der Waals surface area contributed by atoms with E-state index in [1.807, 2.05) is 24.3 Å². The van der Waals surface area contributed by atoms with E-state index < -0.39 is 0 Å². The number of aromatic amines is 1. The summed E-state index contributed by atoms with van der Waals surface area (Å²) in [6.45, 7) is 7.72. The predicted octanol–water partition coefficient (Wildman–Crippen LogP) is 2.79. The van der Waals surface area contributed by atoms with Gasteiger partial charge in [-0.3, -0.25) is 4.79 Å². The number of hydrogen-bond acceptors (Lipinski definition) is 3. The summed E-state index contributed by atoms with van der Waals surface area (Å²) in [5.74, 6) is -0.121. The summed E-state index contributed by atoms with van der Waals surface area (Å²) in [6, 6.07) is 9.93. The Morgan fingerprint density at radius 2 is 1.96 bits per heavy atom. The summed E-state index contributed by atoms with van der Waals surface area (Å²) in [5, 5.41) is 5.09. The van der Waals surface area contributed by atoms with Crippen molar-refractivity contribution in [3.8, 4) is 0 Å². The maximum absolute atomic E-state index is 12.3. The number of carbonyl (C=O) groups excluding carboxylic acids is 1. The first kappa shape index (κ1) is 15.5. The van der Waals surface area contributed by atoms with E-state index in [9.17, 15) is 4.79 Å². The van der Waals surface area contributed by atoms with E-state index >= 15 is 0 Å². The highest BCUT2D eigenvalue weighted by molar-refractivity contribution is 6.09. The number of benzene rings is 1. The van der Waals surface area contributed by atoms with Crippen molar-refractivity contribution in [3.05, 3.63) is 42.2 Å². The Hall–Kier alpha value is -2.40. The zero-order chi connectivity index (χ0) is 16.2. The van der Waals surface area contributed by atoms with E-state index in [0.29, 0.717) is 12.2 Å². The summed E-state index contributed by atoms with van der Waals surface area (Å²) < 4.78 is 0. The lowest BCUT2D eigenvalue weighted by Gasteiger charge is -2.17. The van der Waals surface area contributed by atoms with Crippen LogP contribution < -0.4 is 5.32 Å². The standard InChI is InChI=1S/C18H22N4O/c1-3-22(4-2)10-9-19-18(23)16-11-14-13-7-5-6-8-15(13)21-17(14)12-20-16/h5-8,11-12,21H,3-4,9-10H2,1-2H3,(H,19,23). The number of pyridine rings is 1. The number of H-pyrrole nitrogens is 1. The first-order valence-electron chi connectivity index (χ1n) is 8.10. The smallest absolute Gasteiger partial charge is 0.269 e. The number of rotatable bonds is 6. The van der Waals surface area contributed by atoms with Crippen molar-refractivity contribution in [2.24, 2.45) is 0 Å². The topological polar surface area (TPSA) is 61.0 Å². The zero-order valence-corrected chi connectivity index (χ0v) is 13.6. The molecule has 1 aromatic carbocycles. The van der Waals surface area contributed by atoms with Crippen LogP contribution in [0, 0.1) is 0 Å². The predicted molar refractivity (Wildman–Crippen MR) is 93.7 cm³/mol. The number of para-hydroxylation sites is 1. The van der Waals surface area contributed by atoms with E-state index in [1.54, 1.807) is 6.20 Å². The molecule has 0 radical (unpaired) electrons. The fourth-order valence-corrected chi connectivity index (χ4v) is 2.83. The SMILES string of the molecule is CCN(CC)CCNC(=O)c1cc2c(cn1)[nH]c1ccccc12. The quantitative estimate of drug-likeness (QED) is 0.736. The second-order valence-corrected chi connectivity index (χ2v) is 5.57. The van der Waals surface area contributed by atoms with Gasteiger partial charge in [0, 0.05) is 29.4 Å². The molecule has 2 N–H and O–H groups in total. The molecule has 0 aliphatic heterocycles. The molecule has 2 aromatic heterocycles. The Morgan fingerprint density at radius 1 is 1.17 bits per heavy atom. The monoisotopic (exact) mass is 310 g/mol. The Kier molecular flexibility index (Phi) is 4.57. The first-order chi connectivity index (χ1) is 11.2. The van der Waals surface area contributed by atoms with Gasteiger partial charge in [-0.25, -0.2) is 4.98 Å². The average Bonchev–Trinajstić information content (AvgIpc) is 2.96. The van der Waals surface area contributed by atoms with Crippen molar-refractivity contribution in [3.63, 3.8) is 0 Å². The van der Waals surface area contributed by atoms with Gasteiger partial charge in [0.15, 0.2) is 0 Å². The minimum atomic E-state index is -0.121. The van der Waals surface area contributed by atoms with Gasteiger partial charge in [0.1, 0.15) is 5.69 Å². The summed E-state index contributed by atoms with van der Waals surface area (Å²) in [4.78, 5) is 22.2. The second kappa shape index (κ2) is 6.79. The summed E-state index contributed by atoms with van der Waals surface area (Å²) in [6.07, 6.45) is 1.73. The molecule has 1 amide bonds. The van der Waals surface area contributed by atoms with E-state index in [0.717, 1.165) is 41.4 Å². The fraction of sp³-hybridized carbons (Fsp3) is 0.333. The molecule has 0 saturated carbocycles. The minimum absolute atomic E-state index is 0.121. The Balaban J connectivity index is 1.77. The van der Waals surface area contributed by atoms with E-state index in [2.05, 4.69) is 40.1 Å². The Labute approximate surface area is 135 Å². The minimum Gasteiger partial charge on any atom is -0.353 e. The molecule has 0 saturated heterocycles. The Morgan fingerprint density at radius 3 is 2.74 bits per heavy atom. The van der Waals surface area contributed by atoms with Crippen LogP contribution in [0.4, 0.5) is 0 Å². The van der Waals surface area contributed by atoms with Crippen molar-refractivity contribution in [1.29, 1.82) is 0 Å². The number of aromatic nitrogens is 2. The molecule has 0 aliphatic carbocycles. The molecule has 0 aliphatic rings. The van der Waals surface area contributed by atoms with Gasteiger partial charge in [0.25, 0.3) is 5.91 Å². The number of likely N-dealkylation sites (N-methyl/N-ethyl adjacent to an activating group) is 1. The van der Waals surface area contributed by atoms with Crippen LogP contribution in [0.25, 0.3) is 21.8 Å². The van der Waals surface area contributed by atoms with Crippen LogP contribution in [0.15, 0.2) is 36.5 Å². The molecule has 120 valence electrons. The van der Waals surface area contributed by atoms with Gasteiger partial charge < -0.3 is 15.2 Å². The van der Waals surface area contributed by atoms with Gasteiger partial charge in [0.2, 0.25) is 0 Å². The second-order valence-electron chi connectivity index (χ2n) is 5.57. The normalized spacial score (nSPS) is 11.4. The molecule has 0 bridgehead atoms. The third-order valence-corrected chi connectivity index (χ3v) is 4.23. The van der Waals surface area contributed by atoms with Crippen molar-refractivity contribution >= 4 is 27.7 Å². The van der Waals surface area contributed by atoms with Crippen LogP contribution in [0.2, 0.25) is 0 Å². The maximum Gasteiger partial charge on any atom is 0.269 e. The maximum atomic E-state index is 12.3. The number of nitrogens with one attached hydrogen (secondary N) is 2. The third-order valence-electron chi connectivity index (χ3n) is 4.23. The fourth-order valence-electron chi connectivity index (χ4n) is 2.83. The molecule has 0 unspecified atom stereocenters. The number of carbonyl (C=O) groups is 1. The highest BCUT2D eigenvalue weighted by Gasteiger charge is 2.11. The van der Waals surface area contributed by atoms with Crippen LogP contribution in [0.3, 0.4) is 0 Å². The highest BCUT2D eigenvalue weighted by atomic mass is 16.1. The molecule has 23 heavy (non-hydrogen) atoms. The lowest BCUT2D eigenvalue weighted by atomic mass is 10.1. The molecule has 3 rings (SSSR count). The van der Waals surface area contributed by atoms with E-state index in [4.69, 9.17) is 0 Å². The largest absolute Gasteiger partial charge is 0.353 e. The lowest BCUT2D eigenvalue weighted by molar-refractivity contribution is 0.0944. The van der Waals surface area contributed by atoms with Gasteiger partial charge in [-0.2, -0.15) is 0 Å². The summed E-state index contributed by atoms with van der Waals surface area (Å²) in [7, 11) is 0. The number of nitrogens with zero attached hydrogens (tertiary/aromatic N) is 2. The van der Waals surface area contributed by atoms with Crippen LogP contribution in [-0.2, 0) is 0 Å².